The van der Waals surface area contributed by atoms with Gasteiger partial charge in [0.05, 0.1) is 18.4 Å². The number of amides is 2. The fourth-order valence-electron chi connectivity index (χ4n) is 4.29. The zero-order valence-corrected chi connectivity index (χ0v) is 20.0. The first kappa shape index (κ1) is 23.3. The highest BCUT2D eigenvalue weighted by Gasteiger charge is 2.42. The minimum atomic E-state index is -0.319. The number of carbonyl (C=O) groups excluding carboxylic acids is 2. The van der Waals surface area contributed by atoms with Crippen molar-refractivity contribution in [2.24, 2.45) is 0 Å². The van der Waals surface area contributed by atoms with Crippen molar-refractivity contribution in [1.29, 1.82) is 0 Å². The lowest BCUT2D eigenvalue weighted by atomic mass is 10.0. The number of hydrogen-bond acceptors (Lipinski definition) is 4. The topological polar surface area (TPSA) is 49.9 Å². The van der Waals surface area contributed by atoms with Gasteiger partial charge in [-0.1, -0.05) is 55.8 Å². The van der Waals surface area contributed by atoms with Crippen LogP contribution in [0.2, 0.25) is 0 Å². The van der Waals surface area contributed by atoms with Gasteiger partial charge < -0.3 is 9.64 Å². The first-order chi connectivity index (χ1) is 16.6. The number of likely N-dealkylation sites (N-methyl/N-ethyl adjacent to an activating group) is 1. The van der Waals surface area contributed by atoms with E-state index >= 15 is 0 Å². The van der Waals surface area contributed by atoms with E-state index in [1.165, 1.54) is 10.5 Å². The number of nitrogens with zero attached hydrogens (tertiary/aromatic N) is 2. The highest BCUT2D eigenvalue weighted by atomic mass is 16.5. The van der Waals surface area contributed by atoms with Crippen LogP contribution in [0.4, 0.5) is 11.4 Å². The second kappa shape index (κ2) is 10.4. The summed E-state index contributed by atoms with van der Waals surface area (Å²) in [5.74, 6) is 0.0567. The van der Waals surface area contributed by atoms with E-state index in [0.717, 1.165) is 24.9 Å². The van der Waals surface area contributed by atoms with E-state index in [0.29, 0.717) is 34.8 Å². The Morgan fingerprint density at radius 1 is 0.824 bits per heavy atom. The highest BCUT2D eigenvalue weighted by Crippen LogP contribution is 2.37. The van der Waals surface area contributed by atoms with E-state index in [4.69, 9.17) is 4.74 Å². The number of ether oxygens (including phenoxy) is 1. The van der Waals surface area contributed by atoms with Gasteiger partial charge in [0, 0.05) is 12.2 Å². The summed E-state index contributed by atoms with van der Waals surface area (Å²) in [4.78, 5) is 30.8. The summed E-state index contributed by atoms with van der Waals surface area (Å²) in [6.07, 6.45) is 3.21. The quantitative estimate of drug-likeness (QED) is 0.381. The maximum Gasteiger partial charge on any atom is 0.282 e. The summed E-state index contributed by atoms with van der Waals surface area (Å²) in [5.41, 5.74) is 4.12. The minimum Gasteiger partial charge on any atom is -0.497 e. The molecular formula is C29H30N2O3. The van der Waals surface area contributed by atoms with E-state index in [-0.39, 0.29) is 11.8 Å². The van der Waals surface area contributed by atoms with Gasteiger partial charge in [-0.15, -0.1) is 0 Å². The molecule has 1 aliphatic rings. The van der Waals surface area contributed by atoms with Gasteiger partial charge in [0.1, 0.15) is 11.4 Å². The molecule has 2 amide bonds. The van der Waals surface area contributed by atoms with Crippen molar-refractivity contribution in [2.45, 2.75) is 33.1 Å². The number of imide groups is 1. The molecule has 0 bridgehead atoms. The maximum absolute atomic E-state index is 13.8. The van der Waals surface area contributed by atoms with Gasteiger partial charge in [-0.3, -0.25) is 9.59 Å². The molecule has 3 aromatic carbocycles. The standard InChI is InChI=1S/C29H30N2O3/c1-4-6-10-21-13-17-24(18-14-21)31-28(32)26(22-15-19-25(34-3)20-16-22)27(29(31)33)30(5-2)23-11-8-7-9-12-23/h7-9,11-20H,4-6,10H2,1-3H3. The number of methoxy groups -OCH3 is 1. The predicted octanol–water partition coefficient (Wildman–Crippen LogP) is 5.85. The minimum absolute atomic E-state index is 0.317. The van der Waals surface area contributed by atoms with Crippen molar-refractivity contribution < 1.29 is 14.3 Å². The normalized spacial score (nSPS) is 13.6. The average Bonchev–Trinajstić information content (AvgIpc) is 3.14. The number of carbonyl (C=O) groups is 2. The van der Waals surface area contributed by atoms with Gasteiger partial charge in [0.25, 0.3) is 11.8 Å². The molecule has 0 spiro atoms. The van der Waals surface area contributed by atoms with Crippen LogP contribution in [0, 0.1) is 0 Å². The molecule has 1 heterocycles. The number of benzene rings is 3. The zero-order chi connectivity index (χ0) is 24.1. The van der Waals surface area contributed by atoms with Crippen LogP contribution in [-0.4, -0.2) is 25.5 Å². The summed E-state index contributed by atoms with van der Waals surface area (Å²) in [6.45, 7) is 4.69. The van der Waals surface area contributed by atoms with Gasteiger partial charge in [-0.2, -0.15) is 0 Å². The molecule has 5 nitrogen and oxygen atoms in total. The lowest BCUT2D eigenvalue weighted by Gasteiger charge is -2.25. The van der Waals surface area contributed by atoms with Crippen LogP contribution in [0.1, 0.15) is 37.8 Å². The zero-order valence-electron chi connectivity index (χ0n) is 20.0. The Balaban J connectivity index is 1.80. The van der Waals surface area contributed by atoms with Gasteiger partial charge in [-0.25, -0.2) is 4.90 Å². The first-order valence-corrected chi connectivity index (χ1v) is 11.8. The Labute approximate surface area is 201 Å². The molecule has 0 unspecified atom stereocenters. The Kier molecular flexibility index (Phi) is 7.12. The lowest BCUT2D eigenvalue weighted by Crippen LogP contribution is -2.35. The lowest BCUT2D eigenvalue weighted by molar-refractivity contribution is -0.120. The Morgan fingerprint density at radius 3 is 2.09 bits per heavy atom. The summed E-state index contributed by atoms with van der Waals surface area (Å²) in [6, 6.07) is 24.7. The fourth-order valence-corrected chi connectivity index (χ4v) is 4.29. The van der Waals surface area contributed by atoms with Crippen LogP contribution in [0.15, 0.2) is 84.6 Å². The molecule has 0 saturated heterocycles. The molecular weight excluding hydrogens is 424 g/mol. The molecule has 0 aromatic heterocycles. The molecule has 1 aliphatic heterocycles. The number of unbranched alkanes of at least 4 members (excludes halogenated alkanes) is 1. The third kappa shape index (κ3) is 4.46. The number of para-hydroxylation sites is 1. The second-order valence-electron chi connectivity index (χ2n) is 8.25. The molecule has 0 saturated carbocycles. The van der Waals surface area contributed by atoms with Gasteiger partial charge in [-0.05, 0) is 67.3 Å². The van der Waals surface area contributed by atoms with Crippen molar-refractivity contribution in [1.82, 2.24) is 0 Å². The summed E-state index contributed by atoms with van der Waals surface area (Å²) in [5, 5.41) is 0. The van der Waals surface area contributed by atoms with Crippen molar-refractivity contribution in [3.05, 3.63) is 95.7 Å². The summed E-state index contributed by atoms with van der Waals surface area (Å²) in [7, 11) is 1.60. The molecule has 174 valence electrons. The van der Waals surface area contributed by atoms with Crippen molar-refractivity contribution in [3.63, 3.8) is 0 Å². The van der Waals surface area contributed by atoms with Crippen molar-refractivity contribution >= 4 is 28.8 Å². The number of rotatable bonds is 9. The maximum atomic E-state index is 13.8. The van der Waals surface area contributed by atoms with Gasteiger partial charge in [0.2, 0.25) is 0 Å². The molecule has 0 aliphatic carbocycles. The molecule has 5 heteroatoms. The molecule has 3 aromatic rings. The van der Waals surface area contributed by atoms with Crippen LogP contribution < -0.4 is 14.5 Å². The van der Waals surface area contributed by atoms with E-state index in [1.807, 2.05) is 90.7 Å². The second-order valence-corrected chi connectivity index (χ2v) is 8.25. The average molecular weight is 455 g/mol. The van der Waals surface area contributed by atoms with E-state index in [9.17, 15) is 9.59 Å². The van der Waals surface area contributed by atoms with Crippen LogP contribution in [-0.2, 0) is 16.0 Å². The van der Waals surface area contributed by atoms with Crippen molar-refractivity contribution in [2.75, 3.05) is 23.5 Å². The molecule has 34 heavy (non-hydrogen) atoms. The van der Waals surface area contributed by atoms with E-state index < -0.39 is 0 Å². The Hall–Kier alpha value is -3.86. The molecule has 0 radical (unpaired) electrons. The monoisotopic (exact) mass is 454 g/mol. The SMILES string of the molecule is CCCCc1ccc(N2C(=O)C(c3ccc(OC)cc3)=C(N(CC)c3ccccc3)C2=O)cc1. The Morgan fingerprint density at radius 2 is 1.50 bits per heavy atom. The number of anilines is 2. The third-order valence-electron chi connectivity index (χ3n) is 6.11. The van der Waals surface area contributed by atoms with Gasteiger partial charge >= 0.3 is 0 Å². The smallest absolute Gasteiger partial charge is 0.282 e. The van der Waals surface area contributed by atoms with Crippen LogP contribution in [0.25, 0.3) is 5.57 Å². The van der Waals surface area contributed by atoms with Gasteiger partial charge in [0.15, 0.2) is 0 Å². The molecule has 0 N–H and O–H groups in total. The van der Waals surface area contributed by atoms with E-state index in [1.54, 1.807) is 7.11 Å². The summed E-state index contributed by atoms with van der Waals surface area (Å²) < 4.78 is 5.29. The van der Waals surface area contributed by atoms with Crippen molar-refractivity contribution in [3.8, 4) is 5.75 Å². The fraction of sp³-hybridized carbons (Fsp3) is 0.241. The highest BCUT2D eigenvalue weighted by molar-refractivity contribution is 6.46. The third-order valence-corrected chi connectivity index (χ3v) is 6.11. The van der Waals surface area contributed by atoms with Crippen LogP contribution in [0.3, 0.4) is 0 Å². The van der Waals surface area contributed by atoms with Crippen LogP contribution >= 0.6 is 0 Å². The largest absolute Gasteiger partial charge is 0.497 e. The predicted molar refractivity (Wildman–Crippen MR) is 137 cm³/mol. The number of hydrogen-bond donors (Lipinski definition) is 0. The summed E-state index contributed by atoms with van der Waals surface area (Å²) >= 11 is 0. The first-order valence-electron chi connectivity index (χ1n) is 11.8. The molecule has 0 fully saturated rings. The molecule has 0 atom stereocenters. The van der Waals surface area contributed by atoms with E-state index in [2.05, 4.69) is 6.92 Å². The van der Waals surface area contributed by atoms with Crippen LogP contribution in [0.5, 0.6) is 5.75 Å². The number of aryl methyl sites for hydroxylation is 1. The molecule has 4 rings (SSSR count). The Bertz CT molecular complexity index is 1180.